The van der Waals surface area contributed by atoms with Crippen LogP contribution in [0.3, 0.4) is 0 Å². The summed E-state index contributed by atoms with van der Waals surface area (Å²) in [5.74, 6) is 2.60. The van der Waals surface area contributed by atoms with Crippen molar-refractivity contribution < 1.29 is 9.47 Å². The summed E-state index contributed by atoms with van der Waals surface area (Å²) in [5.41, 5.74) is 2.30. The largest absolute Gasteiger partial charge is 0.497 e. The predicted octanol–water partition coefficient (Wildman–Crippen LogP) is 3.46. The maximum absolute atomic E-state index is 5.94. The van der Waals surface area contributed by atoms with Gasteiger partial charge in [0.25, 0.3) is 0 Å². The zero-order chi connectivity index (χ0) is 20.4. The van der Waals surface area contributed by atoms with Gasteiger partial charge in [-0.1, -0.05) is 30.3 Å². The average molecular weight is 512 g/mol. The lowest BCUT2D eigenvalue weighted by Crippen LogP contribution is -2.38. The summed E-state index contributed by atoms with van der Waals surface area (Å²) in [7, 11) is 9.58. The molecule has 2 aromatic rings. The molecule has 0 atom stereocenters. The topological polar surface area (TPSA) is 49.3 Å². The lowest BCUT2D eigenvalue weighted by molar-refractivity contribution is 0.259. The third kappa shape index (κ3) is 8.49. The fraction of sp³-hybridized carbons (Fsp3) is 0.409. The van der Waals surface area contributed by atoms with E-state index >= 15 is 0 Å². The Kier molecular flexibility index (Phi) is 11.5. The first-order chi connectivity index (χ1) is 13.5. The summed E-state index contributed by atoms with van der Waals surface area (Å²) in [6, 6.07) is 16.2. The van der Waals surface area contributed by atoms with Gasteiger partial charge in [0.1, 0.15) is 18.1 Å². The number of aliphatic imine (C=N–C) groups is 1. The van der Waals surface area contributed by atoms with Gasteiger partial charge in [-0.15, -0.1) is 24.0 Å². The number of nitrogens with zero attached hydrogens (tertiary/aromatic N) is 3. The Hall–Kier alpha value is -2.00. The first-order valence-electron chi connectivity index (χ1n) is 9.43. The first kappa shape index (κ1) is 25.0. The molecule has 0 aliphatic carbocycles. The highest BCUT2D eigenvalue weighted by atomic mass is 127. The number of guanidine groups is 1. The van der Waals surface area contributed by atoms with Crippen molar-refractivity contribution in [3.63, 3.8) is 0 Å². The Labute approximate surface area is 191 Å². The predicted molar refractivity (Wildman–Crippen MR) is 131 cm³/mol. The van der Waals surface area contributed by atoms with Crippen LogP contribution in [0.25, 0.3) is 0 Å². The zero-order valence-corrected chi connectivity index (χ0v) is 20.3. The standard InChI is InChI=1S/C22H32N4O2.HI/c1-23-22(26(4)17-18-10-12-20(27-5)13-11-18)24-16-19-8-6-7-9-21(19)28-15-14-25(2)3;/h6-13H,14-17H2,1-5H3,(H,23,24);1H. The molecule has 6 nitrogen and oxygen atoms in total. The van der Waals surface area contributed by atoms with Gasteiger partial charge >= 0.3 is 0 Å². The summed E-state index contributed by atoms with van der Waals surface area (Å²) in [6.07, 6.45) is 0. The minimum atomic E-state index is 0. The maximum atomic E-state index is 5.94. The summed E-state index contributed by atoms with van der Waals surface area (Å²) < 4.78 is 11.2. The Morgan fingerprint density at radius 3 is 2.34 bits per heavy atom. The molecule has 2 rings (SSSR count). The quantitative estimate of drug-likeness (QED) is 0.317. The van der Waals surface area contributed by atoms with E-state index in [1.807, 2.05) is 51.5 Å². The average Bonchev–Trinajstić information content (AvgIpc) is 2.70. The Morgan fingerprint density at radius 2 is 1.72 bits per heavy atom. The van der Waals surface area contributed by atoms with Crippen LogP contribution in [0, 0.1) is 0 Å². The molecule has 7 heteroatoms. The van der Waals surface area contributed by atoms with Crippen molar-refractivity contribution in [2.24, 2.45) is 4.99 Å². The lowest BCUT2D eigenvalue weighted by atomic mass is 10.2. The highest BCUT2D eigenvalue weighted by molar-refractivity contribution is 14.0. The number of halogens is 1. The van der Waals surface area contributed by atoms with E-state index in [9.17, 15) is 0 Å². The van der Waals surface area contributed by atoms with Gasteiger partial charge in [-0.05, 0) is 37.9 Å². The summed E-state index contributed by atoms with van der Waals surface area (Å²) in [6.45, 7) is 2.95. The van der Waals surface area contributed by atoms with Crippen LogP contribution in [0.1, 0.15) is 11.1 Å². The highest BCUT2D eigenvalue weighted by Crippen LogP contribution is 2.18. The van der Waals surface area contributed by atoms with E-state index < -0.39 is 0 Å². The molecule has 0 amide bonds. The van der Waals surface area contributed by atoms with Gasteiger partial charge in [0.05, 0.1) is 7.11 Å². The molecule has 0 heterocycles. The molecule has 160 valence electrons. The molecule has 0 aromatic heterocycles. The van der Waals surface area contributed by atoms with Gasteiger partial charge in [0.15, 0.2) is 5.96 Å². The second-order valence-electron chi connectivity index (χ2n) is 6.86. The summed E-state index contributed by atoms with van der Waals surface area (Å²) in [4.78, 5) is 8.61. The fourth-order valence-electron chi connectivity index (χ4n) is 2.77. The molecule has 0 saturated heterocycles. The van der Waals surface area contributed by atoms with E-state index in [0.29, 0.717) is 13.2 Å². The molecule has 2 aromatic carbocycles. The SMILES string of the molecule is CN=C(NCc1ccccc1OCCN(C)C)N(C)Cc1ccc(OC)cc1.I. The van der Waals surface area contributed by atoms with Crippen LogP contribution in [-0.2, 0) is 13.1 Å². The van der Waals surface area contributed by atoms with Crippen LogP contribution in [0.4, 0.5) is 0 Å². The van der Waals surface area contributed by atoms with E-state index in [-0.39, 0.29) is 24.0 Å². The van der Waals surface area contributed by atoms with E-state index in [1.165, 1.54) is 5.56 Å². The van der Waals surface area contributed by atoms with E-state index in [1.54, 1.807) is 14.2 Å². The highest BCUT2D eigenvalue weighted by Gasteiger charge is 2.09. The number of rotatable bonds is 9. The second kappa shape index (κ2) is 13.3. The van der Waals surface area contributed by atoms with Crippen LogP contribution in [0.5, 0.6) is 11.5 Å². The van der Waals surface area contributed by atoms with Crippen LogP contribution < -0.4 is 14.8 Å². The number of benzene rings is 2. The van der Waals surface area contributed by atoms with E-state index in [4.69, 9.17) is 9.47 Å². The minimum Gasteiger partial charge on any atom is -0.497 e. The first-order valence-corrected chi connectivity index (χ1v) is 9.43. The van der Waals surface area contributed by atoms with Gasteiger partial charge in [0.2, 0.25) is 0 Å². The Bertz CT molecular complexity index is 751. The Balaban J connectivity index is 0.00000420. The normalized spacial score (nSPS) is 11.0. The van der Waals surface area contributed by atoms with Gasteiger partial charge in [-0.25, -0.2) is 0 Å². The van der Waals surface area contributed by atoms with Gasteiger partial charge in [0, 0.05) is 39.3 Å². The van der Waals surface area contributed by atoms with Crippen molar-refractivity contribution in [3.8, 4) is 11.5 Å². The van der Waals surface area contributed by atoms with Gasteiger partial charge in [-0.2, -0.15) is 0 Å². The number of hydrogen-bond donors (Lipinski definition) is 1. The summed E-state index contributed by atoms with van der Waals surface area (Å²) in [5, 5.41) is 3.43. The molecule has 0 radical (unpaired) electrons. The van der Waals surface area contributed by atoms with Crippen LogP contribution in [0.2, 0.25) is 0 Å². The van der Waals surface area contributed by atoms with E-state index in [2.05, 4.69) is 38.3 Å². The number of methoxy groups -OCH3 is 1. The van der Waals surface area contributed by atoms with Crippen molar-refractivity contribution in [1.29, 1.82) is 0 Å². The molecular formula is C22H33IN4O2. The number of nitrogens with one attached hydrogen (secondary N) is 1. The van der Waals surface area contributed by atoms with Gasteiger partial charge in [-0.3, -0.25) is 4.99 Å². The van der Waals surface area contributed by atoms with Crippen molar-refractivity contribution in [1.82, 2.24) is 15.1 Å². The molecule has 0 aliphatic rings. The van der Waals surface area contributed by atoms with Crippen LogP contribution in [-0.4, -0.2) is 64.2 Å². The van der Waals surface area contributed by atoms with Crippen molar-refractivity contribution in [2.45, 2.75) is 13.1 Å². The Morgan fingerprint density at radius 1 is 1.03 bits per heavy atom. The lowest BCUT2D eigenvalue weighted by Gasteiger charge is -2.23. The van der Waals surface area contributed by atoms with Crippen molar-refractivity contribution in [2.75, 3.05) is 48.5 Å². The van der Waals surface area contributed by atoms with Crippen molar-refractivity contribution in [3.05, 3.63) is 59.7 Å². The maximum Gasteiger partial charge on any atom is 0.193 e. The molecule has 0 aliphatic heterocycles. The minimum absolute atomic E-state index is 0. The third-order valence-corrected chi connectivity index (χ3v) is 4.36. The third-order valence-electron chi connectivity index (χ3n) is 4.36. The fourth-order valence-corrected chi connectivity index (χ4v) is 2.77. The van der Waals surface area contributed by atoms with Crippen LogP contribution in [0.15, 0.2) is 53.5 Å². The molecule has 0 fully saturated rings. The van der Waals surface area contributed by atoms with Gasteiger partial charge < -0.3 is 24.6 Å². The molecule has 29 heavy (non-hydrogen) atoms. The molecule has 0 bridgehead atoms. The molecule has 0 spiro atoms. The zero-order valence-electron chi connectivity index (χ0n) is 18.0. The number of hydrogen-bond acceptors (Lipinski definition) is 4. The number of ether oxygens (including phenoxy) is 2. The van der Waals surface area contributed by atoms with Crippen LogP contribution >= 0.6 is 24.0 Å². The number of likely N-dealkylation sites (N-methyl/N-ethyl adjacent to an activating group) is 1. The monoisotopic (exact) mass is 512 g/mol. The number of para-hydroxylation sites is 1. The molecule has 0 unspecified atom stereocenters. The van der Waals surface area contributed by atoms with Crippen molar-refractivity contribution >= 4 is 29.9 Å². The molecule has 1 N–H and O–H groups in total. The second-order valence-corrected chi connectivity index (χ2v) is 6.86. The van der Waals surface area contributed by atoms with E-state index in [0.717, 1.165) is 36.1 Å². The molecular weight excluding hydrogens is 479 g/mol. The smallest absolute Gasteiger partial charge is 0.193 e. The summed E-state index contributed by atoms with van der Waals surface area (Å²) >= 11 is 0. The molecule has 0 saturated carbocycles.